The quantitative estimate of drug-likeness (QED) is 0.714. The molecule has 1 nitrogen and oxygen atoms in total. The molecule has 0 spiro atoms. The third-order valence-corrected chi connectivity index (χ3v) is 4.57. The lowest BCUT2D eigenvalue weighted by molar-refractivity contribution is -0.125. The number of hydrogen-bond acceptors (Lipinski definition) is 1. The second-order valence-corrected chi connectivity index (χ2v) is 7.23. The minimum atomic E-state index is -0.301. The van der Waals surface area contributed by atoms with Crippen molar-refractivity contribution in [2.45, 2.75) is 38.9 Å². The maximum Gasteiger partial charge on any atom is 0.152 e. The molecule has 1 rings (SSSR count). The van der Waals surface area contributed by atoms with Crippen LogP contribution in [0.5, 0.6) is 0 Å². The predicted molar refractivity (Wildman–Crippen MR) is 79.8 cm³/mol. The van der Waals surface area contributed by atoms with E-state index in [1.807, 2.05) is 26.8 Å². The van der Waals surface area contributed by atoms with Gasteiger partial charge in [0.1, 0.15) is 0 Å². The average Bonchev–Trinajstić information content (AvgIpc) is 2.22. The van der Waals surface area contributed by atoms with E-state index in [1.54, 1.807) is 0 Å². The van der Waals surface area contributed by atoms with Crippen molar-refractivity contribution in [2.24, 2.45) is 5.41 Å². The Hall–Kier alpha value is -0.150. The maximum atomic E-state index is 12.1. The Balaban J connectivity index is 2.85. The molecule has 17 heavy (non-hydrogen) atoms. The van der Waals surface area contributed by atoms with Crippen molar-refractivity contribution in [1.82, 2.24) is 0 Å². The molecule has 1 unspecified atom stereocenters. The van der Waals surface area contributed by atoms with Gasteiger partial charge in [-0.2, -0.15) is 0 Å². The number of ketones is 1. The number of hydrogen-bond donors (Lipinski definition) is 0. The second kappa shape index (κ2) is 5.66. The fourth-order valence-electron chi connectivity index (χ4n) is 1.62. The van der Waals surface area contributed by atoms with E-state index in [0.717, 1.165) is 10.9 Å². The molecule has 3 heteroatoms. The van der Waals surface area contributed by atoms with Gasteiger partial charge in [-0.3, -0.25) is 4.79 Å². The Morgan fingerprint density at radius 3 is 2.47 bits per heavy atom. The van der Waals surface area contributed by atoms with Crippen molar-refractivity contribution < 1.29 is 4.79 Å². The summed E-state index contributed by atoms with van der Waals surface area (Å²) in [5.74, 6) is 0.242. The summed E-state index contributed by atoms with van der Waals surface area (Å²) in [6.45, 7) is 7.92. The lowest BCUT2D eigenvalue weighted by Gasteiger charge is -2.21. The third kappa shape index (κ3) is 3.92. The SMILES string of the molecule is Cc1cccc(CC(Br)C(=O)C(C)(C)C)c1Br. The van der Waals surface area contributed by atoms with Crippen LogP contribution < -0.4 is 0 Å². The number of alkyl halides is 1. The zero-order chi connectivity index (χ0) is 13.2. The van der Waals surface area contributed by atoms with Crippen LogP contribution in [-0.4, -0.2) is 10.6 Å². The molecule has 0 radical (unpaired) electrons. The standard InChI is InChI=1S/C14H18Br2O/c1-9-6-5-7-10(12(9)16)8-11(15)13(17)14(2,3)4/h5-7,11H,8H2,1-4H3. The van der Waals surface area contributed by atoms with Gasteiger partial charge in [0.15, 0.2) is 5.78 Å². The summed E-state index contributed by atoms with van der Waals surface area (Å²) in [5.41, 5.74) is 2.07. The molecule has 0 aliphatic rings. The maximum absolute atomic E-state index is 12.1. The first kappa shape index (κ1) is 14.9. The molecular weight excluding hydrogens is 344 g/mol. The van der Waals surface area contributed by atoms with E-state index in [2.05, 4.69) is 50.9 Å². The number of Topliss-reactive ketones (excluding diaryl/α,β-unsaturated/α-hetero) is 1. The molecular formula is C14H18Br2O. The van der Waals surface area contributed by atoms with Crippen molar-refractivity contribution in [3.8, 4) is 0 Å². The number of aryl methyl sites for hydroxylation is 1. The highest BCUT2D eigenvalue weighted by atomic mass is 79.9. The fraction of sp³-hybridized carbons (Fsp3) is 0.500. The average molecular weight is 362 g/mol. The van der Waals surface area contributed by atoms with Gasteiger partial charge in [0, 0.05) is 9.89 Å². The number of rotatable bonds is 3. The monoisotopic (exact) mass is 360 g/mol. The molecule has 94 valence electrons. The van der Waals surface area contributed by atoms with Crippen molar-refractivity contribution in [3.63, 3.8) is 0 Å². The lowest BCUT2D eigenvalue weighted by Crippen LogP contribution is -2.30. The van der Waals surface area contributed by atoms with Crippen LogP contribution in [0.4, 0.5) is 0 Å². The van der Waals surface area contributed by atoms with Crippen LogP contribution >= 0.6 is 31.9 Å². The van der Waals surface area contributed by atoms with E-state index in [-0.39, 0.29) is 16.0 Å². The molecule has 0 aromatic heterocycles. The van der Waals surface area contributed by atoms with Gasteiger partial charge in [-0.05, 0) is 24.5 Å². The summed E-state index contributed by atoms with van der Waals surface area (Å²) in [4.78, 5) is 12.0. The highest BCUT2D eigenvalue weighted by molar-refractivity contribution is 9.10. The number of carbonyl (C=O) groups is 1. The molecule has 1 aromatic carbocycles. The van der Waals surface area contributed by atoms with Crippen molar-refractivity contribution >= 4 is 37.6 Å². The number of halogens is 2. The van der Waals surface area contributed by atoms with Crippen LogP contribution in [0.2, 0.25) is 0 Å². The first-order chi connectivity index (χ1) is 7.73. The minimum Gasteiger partial charge on any atom is -0.298 e. The van der Waals surface area contributed by atoms with Crippen molar-refractivity contribution in [3.05, 3.63) is 33.8 Å². The summed E-state index contributed by atoms with van der Waals surface area (Å²) in [7, 11) is 0. The second-order valence-electron chi connectivity index (χ2n) is 5.33. The van der Waals surface area contributed by atoms with Gasteiger partial charge in [0.25, 0.3) is 0 Å². The van der Waals surface area contributed by atoms with Crippen molar-refractivity contribution in [2.75, 3.05) is 0 Å². The van der Waals surface area contributed by atoms with Crippen LogP contribution in [0.1, 0.15) is 31.9 Å². The predicted octanol–water partition coefficient (Wildman–Crippen LogP) is 4.68. The molecule has 0 aliphatic carbocycles. The molecule has 0 N–H and O–H groups in total. The van der Waals surface area contributed by atoms with Gasteiger partial charge in [0.05, 0.1) is 4.83 Å². The highest BCUT2D eigenvalue weighted by Gasteiger charge is 2.28. The molecule has 0 aliphatic heterocycles. The van der Waals surface area contributed by atoms with E-state index in [0.29, 0.717) is 0 Å². The van der Waals surface area contributed by atoms with Crippen LogP contribution in [0.15, 0.2) is 22.7 Å². The van der Waals surface area contributed by atoms with Gasteiger partial charge >= 0.3 is 0 Å². The zero-order valence-corrected chi connectivity index (χ0v) is 13.9. The van der Waals surface area contributed by atoms with E-state index in [1.165, 1.54) is 11.1 Å². The van der Waals surface area contributed by atoms with Crippen LogP contribution in [-0.2, 0) is 11.2 Å². The smallest absolute Gasteiger partial charge is 0.152 e. The Bertz CT molecular complexity index is 419. The summed E-state index contributed by atoms with van der Waals surface area (Å²) < 4.78 is 1.10. The summed E-state index contributed by atoms with van der Waals surface area (Å²) in [6, 6.07) is 6.14. The Morgan fingerprint density at radius 2 is 1.94 bits per heavy atom. The molecule has 1 aromatic rings. The molecule has 0 bridgehead atoms. The highest BCUT2D eigenvalue weighted by Crippen LogP contribution is 2.27. The largest absolute Gasteiger partial charge is 0.298 e. The van der Waals surface area contributed by atoms with E-state index in [9.17, 15) is 4.79 Å². The Morgan fingerprint density at radius 1 is 1.35 bits per heavy atom. The van der Waals surface area contributed by atoms with Gasteiger partial charge in [-0.25, -0.2) is 0 Å². The fourth-order valence-corrected chi connectivity index (χ4v) is 3.08. The van der Waals surface area contributed by atoms with Crippen LogP contribution in [0, 0.1) is 12.3 Å². The van der Waals surface area contributed by atoms with E-state index in [4.69, 9.17) is 0 Å². The summed E-state index contributed by atoms with van der Waals surface area (Å²) in [5, 5.41) is 0. The normalized spacial score (nSPS) is 13.5. The van der Waals surface area contributed by atoms with Crippen molar-refractivity contribution in [1.29, 1.82) is 0 Å². The van der Waals surface area contributed by atoms with Gasteiger partial charge < -0.3 is 0 Å². The van der Waals surface area contributed by atoms with Crippen LogP contribution in [0.3, 0.4) is 0 Å². The van der Waals surface area contributed by atoms with E-state index < -0.39 is 0 Å². The summed E-state index contributed by atoms with van der Waals surface area (Å²) >= 11 is 7.08. The first-order valence-electron chi connectivity index (χ1n) is 5.66. The summed E-state index contributed by atoms with van der Waals surface area (Å²) in [6.07, 6.45) is 0.721. The Labute approximate surface area is 120 Å². The molecule has 0 amide bonds. The van der Waals surface area contributed by atoms with Crippen LogP contribution in [0.25, 0.3) is 0 Å². The zero-order valence-electron chi connectivity index (χ0n) is 10.7. The van der Waals surface area contributed by atoms with Gasteiger partial charge in [-0.1, -0.05) is 70.8 Å². The molecule has 0 fully saturated rings. The Kier molecular flexibility index (Phi) is 4.96. The van der Waals surface area contributed by atoms with Gasteiger partial charge in [-0.15, -0.1) is 0 Å². The lowest BCUT2D eigenvalue weighted by atomic mass is 9.87. The molecule has 0 saturated heterocycles. The topological polar surface area (TPSA) is 17.1 Å². The number of benzene rings is 1. The first-order valence-corrected chi connectivity index (χ1v) is 7.36. The van der Waals surface area contributed by atoms with E-state index >= 15 is 0 Å². The molecule has 1 atom stereocenters. The number of carbonyl (C=O) groups excluding carboxylic acids is 1. The molecule has 0 heterocycles. The van der Waals surface area contributed by atoms with Gasteiger partial charge in [0.2, 0.25) is 0 Å². The molecule has 0 saturated carbocycles. The third-order valence-electron chi connectivity index (χ3n) is 2.69. The minimum absolute atomic E-state index is 0.124.